The standard InChI is InChI=1S/C23H35N6O8PS/c1-14(20(31)36-5)29(38(33,34)37-8-9-39-21(32)23(2,3)12-30)11-15-6-7-16(10-15)28-13-25-17-18(28)26-22(24)27-19(17)35-4/h6-7,13-16,30H,8-12H2,1-5H3,(H,33,34)(H2,24,26,27)/t14-,15+,16-/m0/s1. The van der Waals surface area contributed by atoms with Gasteiger partial charge in [0.1, 0.15) is 6.04 Å². The third-order valence-electron chi connectivity index (χ3n) is 6.37. The van der Waals surface area contributed by atoms with Gasteiger partial charge in [0.15, 0.2) is 16.3 Å². The number of fused-ring (bicyclic) bond motifs is 1. The highest BCUT2D eigenvalue weighted by atomic mass is 32.2. The molecule has 3 rings (SSSR count). The van der Waals surface area contributed by atoms with E-state index in [4.69, 9.17) is 19.7 Å². The van der Waals surface area contributed by atoms with E-state index >= 15 is 0 Å². The Bertz CT molecular complexity index is 1270. The van der Waals surface area contributed by atoms with Crippen molar-refractivity contribution >= 4 is 47.7 Å². The number of methoxy groups -OCH3 is 2. The Morgan fingerprint density at radius 1 is 1.33 bits per heavy atom. The number of ether oxygens (including phenoxy) is 2. The second-order valence-electron chi connectivity index (χ2n) is 9.69. The number of nitrogens with two attached hydrogens (primary N) is 1. The molecule has 0 saturated carbocycles. The summed E-state index contributed by atoms with van der Waals surface area (Å²) in [6.45, 7) is 4.16. The first kappa shape index (κ1) is 31.0. The smallest absolute Gasteiger partial charge is 0.406 e. The predicted molar refractivity (Wildman–Crippen MR) is 145 cm³/mol. The molecule has 1 aliphatic rings. The Kier molecular flexibility index (Phi) is 10.1. The highest BCUT2D eigenvalue weighted by Gasteiger charge is 2.40. The molecule has 1 unspecified atom stereocenters. The van der Waals surface area contributed by atoms with Crippen LogP contribution in [0.5, 0.6) is 5.88 Å². The van der Waals surface area contributed by atoms with E-state index in [9.17, 15) is 24.2 Å². The lowest BCUT2D eigenvalue weighted by molar-refractivity contribution is -0.145. The van der Waals surface area contributed by atoms with Gasteiger partial charge in [0.05, 0.1) is 45.2 Å². The van der Waals surface area contributed by atoms with Crippen molar-refractivity contribution in [3.63, 3.8) is 0 Å². The number of thioether (sulfide) groups is 1. The average Bonchev–Trinajstić information content (AvgIpc) is 3.54. The van der Waals surface area contributed by atoms with Crippen molar-refractivity contribution in [2.75, 3.05) is 45.5 Å². The first-order valence-corrected chi connectivity index (χ1v) is 14.7. The molecule has 16 heteroatoms. The van der Waals surface area contributed by atoms with Crippen LogP contribution in [0.1, 0.15) is 33.2 Å². The van der Waals surface area contributed by atoms with Gasteiger partial charge in [0.2, 0.25) is 11.8 Å². The number of aliphatic hydroxyl groups excluding tert-OH is 1. The normalized spacial score (nSPS) is 19.8. The number of aliphatic hydroxyl groups is 1. The first-order valence-electron chi connectivity index (χ1n) is 12.2. The van der Waals surface area contributed by atoms with Crippen LogP contribution in [0.3, 0.4) is 0 Å². The monoisotopic (exact) mass is 586 g/mol. The van der Waals surface area contributed by atoms with Crippen LogP contribution in [0.4, 0.5) is 5.95 Å². The zero-order valence-electron chi connectivity index (χ0n) is 22.5. The average molecular weight is 587 g/mol. The number of aromatic nitrogens is 4. The van der Waals surface area contributed by atoms with E-state index in [0.29, 0.717) is 17.6 Å². The summed E-state index contributed by atoms with van der Waals surface area (Å²) in [5.74, 6) is -0.533. The van der Waals surface area contributed by atoms with Crippen molar-refractivity contribution in [2.45, 2.75) is 39.3 Å². The minimum absolute atomic E-state index is 0.0216. The summed E-state index contributed by atoms with van der Waals surface area (Å²) in [5, 5.41) is 9.07. The zero-order valence-corrected chi connectivity index (χ0v) is 24.2. The molecule has 39 heavy (non-hydrogen) atoms. The van der Waals surface area contributed by atoms with Gasteiger partial charge >= 0.3 is 13.7 Å². The Hall–Kier alpha value is -2.55. The number of anilines is 1. The van der Waals surface area contributed by atoms with Gasteiger partial charge in [0.25, 0.3) is 0 Å². The molecule has 2 aromatic heterocycles. The van der Waals surface area contributed by atoms with E-state index in [0.717, 1.165) is 16.4 Å². The minimum Gasteiger partial charge on any atom is -0.479 e. The zero-order chi connectivity index (χ0) is 29.0. The van der Waals surface area contributed by atoms with Crippen LogP contribution in [-0.2, 0) is 23.4 Å². The van der Waals surface area contributed by atoms with Gasteiger partial charge in [-0.05, 0) is 33.1 Å². The number of esters is 1. The largest absolute Gasteiger partial charge is 0.479 e. The number of hydrogen-bond acceptors (Lipinski definition) is 12. The summed E-state index contributed by atoms with van der Waals surface area (Å²) in [4.78, 5) is 48.0. The number of nitrogen functional groups attached to an aromatic ring is 1. The van der Waals surface area contributed by atoms with Gasteiger partial charge < -0.3 is 29.8 Å². The SMILES string of the molecule is COC(=O)[C@H](C)N(C[C@@H]1C=C[C@H](n2cnc3c(OC)nc(N)nc32)C1)P(=O)(O)OCCSC(=O)C(C)(C)CO. The summed E-state index contributed by atoms with van der Waals surface area (Å²) >= 11 is 0.901. The lowest BCUT2D eigenvalue weighted by Gasteiger charge is -2.32. The second kappa shape index (κ2) is 12.7. The van der Waals surface area contributed by atoms with Gasteiger partial charge in [-0.15, -0.1) is 0 Å². The highest BCUT2D eigenvalue weighted by Crippen LogP contribution is 2.49. The molecule has 14 nitrogen and oxygen atoms in total. The third kappa shape index (κ3) is 7.16. The third-order valence-corrected chi connectivity index (χ3v) is 9.23. The summed E-state index contributed by atoms with van der Waals surface area (Å²) in [7, 11) is -1.81. The molecule has 0 amide bonds. The maximum Gasteiger partial charge on any atom is 0.406 e. The molecule has 216 valence electrons. The van der Waals surface area contributed by atoms with Crippen LogP contribution in [0.2, 0.25) is 0 Å². The van der Waals surface area contributed by atoms with E-state index in [2.05, 4.69) is 15.0 Å². The van der Waals surface area contributed by atoms with Gasteiger partial charge in [-0.2, -0.15) is 14.6 Å². The summed E-state index contributed by atoms with van der Waals surface area (Å²) in [5.41, 5.74) is 5.83. The molecule has 2 aromatic rings. The molecule has 0 saturated heterocycles. The fourth-order valence-electron chi connectivity index (χ4n) is 4.02. The fourth-order valence-corrected chi connectivity index (χ4v) is 6.38. The van der Waals surface area contributed by atoms with E-state index in [1.165, 1.54) is 21.1 Å². The van der Waals surface area contributed by atoms with E-state index in [-0.39, 0.29) is 54.4 Å². The fraction of sp³-hybridized carbons (Fsp3) is 0.609. The lowest BCUT2D eigenvalue weighted by atomic mass is 9.97. The summed E-state index contributed by atoms with van der Waals surface area (Å²) < 4.78 is 31.6. The molecule has 0 bridgehead atoms. The van der Waals surface area contributed by atoms with Gasteiger partial charge in [-0.3, -0.25) is 14.1 Å². The molecular weight excluding hydrogens is 551 g/mol. The molecule has 0 aromatic carbocycles. The van der Waals surface area contributed by atoms with Gasteiger partial charge in [0, 0.05) is 12.3 Å². The van der Waals surface area contributed by atoms with Gasteiger partial charge in [-0.25, -0.2) is 9.55 Å². The van der Waals surface area contributed by atoms with E-state index < -0.39 is 25.2 Å². The Balaban J connectivity index is 1.71. The number of imidazole rings is 1. The Labute approximate surface area is 230 Å². The quantitative estimate of drug-likeness (QED) is 0.133. The van der Waals surface area contributed by atoms with Crippen LogP contribution < -0.4 is 10.5 Å². The van der Waals surface area contributed by atoms with Crippen molar-refractivity contribution in [3.05, 3.63) is 18.5 Å². The first-order chi connectivity index (χ1) is 18.3. The number of hydrogen-bond donors (Lipinski definition) is 3. The van der Waals surface area contributed by atoms with Crippen molar-refractivity contribution in [1.29, 1.82) is 0 Å². The molecule has 1 aliphatic carbocycles. The number of carbonyl (C=O) groups is 2. The number of carbonyl (C=O) groups excluding carboxylic acids is 2. The van der Waals surface area contributed by atoms with Crippen molar-refractivity contribution < 1.29 is 38.2 Å². The van der Waals surface area contributed by atoms with Crippen LogP contribution in [0.15, 0.2) is 18.5 Å². The molecule has 0 aliphatic heterocycles. The van der Waals surface area contributed by atoms with Crippen molar-refractivity contribution in [1.82, 2.24) is 24.2 Å². The predicted octanol–water partition coefficient (Wildman–Crippen LogP) is 1.79. The topological polar surface area (TPSA) is 192 Å². The summed E-state index contributed by atoms with van der Waals surface area (Å²) in [6.07, 6.45) is 5.93. The molecule has 4 N–H and O–H groups in total. The van der Waals surface area contributed by atoms with Crippen LogP contribution in [0.25, 0.3) is 11.2 Å². The highest BCUT2D eigenvalue weighted by molar-refractivity contribution is 8.13. The van der Waals surface area contributed by atoms with Crippen LogP contribution in [0, 0.1) is 11.3 Å². The van der Waals surface area contributed by atoms with Crippen molar-refractivity contribution in [2.24, 2.45) is 11.3 Å². The van der Waals surface area contributed by atoms with Crippen LogP contribution in [-0.4, -0.2) is 91.0 Å². The lowest BCUT2D eigenvalue weighted by Crippen LogP contribution is -2.40. The van der Waals surface area contributed by atoms with E-state index in [1.54, 1.807) is 20.2 Å². The van der Waals surface area contributed by atoms with Gasteiger partial charge in [-0.1, -0.05) is 23.9 Å². The molecule has 0 fully saturated rings. The number of allylic oxidation sites excluding steroid dienone is 1. The number of nitrogens with zero attached hydrogens (tertiary/aromatic N) is 5. The molecule has 2 heterocycles. The number of rotatable bonds is 13. The molecule has 0 spiro atoms. The second-order valence-corrected chi connectivity index (χ2v) is 12.5. The molecule has 4 atom stereocenters. The maximum atomic E-state index is 13.3. The molecule has 0 radical (unpaired) electrons. The Morgan fingerprint density at radius 3 is 2.69 bits per heavy atom. The maximum absolute atomic E-state index is 13.3. The minimum atomic E-state index is -4.47. The molecular formula is C23H35N6O8PS. The van der Waals surface area contributed by atoms with Crippen LogP contribution >= 0.6 is 19.5 Å². The van der Waals surface area contributed by atoms with Crippen molar-refractivity contribution in [3.8, 4) is 5.88 Å². The Morgan fingerprint density at radius 2 is 2.05 bits per heavy atom. The van der Waals surface area contributed by atoms with E-state index in [1.807, 2.05) is 16.7 Å². The summed E-state index contributed by atoms with van der Waals surface area (Å²) in [6, 6.07) is -1.27.